The highest BCUT2D eigenvalue weighted by Gasteiger charge is 2.16. The minimum absolute atomic E-state index is 0.125. The first-order chi connectivity index (χ1) is 7.99. The molecular formula is C14H16ClNS. The van der Waals surface area contributed by atoms with E-state index in [9.17, 15) is 0 Å². The van der Waals surface area contributed by atoms with Crippen LogP contribution >= 0.6 is 22.9 Å². The smallest absolute Gasteiger partial charge is 0.0661 e. The Morgan fingerprint density at radius 2 is 1.71 bits per heavy atom. The van der Waals surface area contributed by atoms with E-state index in [1.807, 2.05) is 6.92 Å². The van der Waals surface area contributed by atoms with E-state index in [1.54, 1.807) is 11.3 Å². The molecule has 1 heterocycles. The largest absolute Gasteiger partial charge is 0.320 e. The van der Waals surface area contributed by atoms with E-state index in [-0.39, 0.29) is 6.04 Å². The lowest BCUT2D eigenvalue weighted by Gasteiger charge is -2.13. The highest BCUT2D eigenvalue weighted by atomic mass is 35.5. The molecule has 0 aliphatic carbocycles. The number of hydrogen-bond donors (Lipinski definition) is 1. The number of halogens is 1. The normalized spacial score (nSPS) is 12.8. The Kier molecular flexibility index (Phi) is 3.57. The summed E-state index contributed by atoms with van der Waals surface area (Å²) in [6, 6.07) is 6.28. The van der Waals surface area contributed by atoms with Crippen LogP contribution in [0.25, 0.3) is 0 Å². The summed E-state index contributed by atoms with van der Waals surface area (Å²) < 4.78 is 0. The van der Waals surface area contributed by atoms with Gasteiger partial charge in [0.25, 0.3) is 0 Å². The van der Waals surface area contributed by atoms with Gasteiger partial charge in [-0.1, -0.05) is 40.9 Å². The second-order valence-electron chi connectivity index (χ2n) is 4.50. The third-order valence-electron chi connectivity index (χ3n) is 2.81. The van der Waals surface area contributed by atoms with E-state index in [2.05, 4.69) is 37.4 Å². The van der Waals surface area contributed by atoms with Gasteiger partial charge in [-0.25, -0.2) is 0 Å². The highest BCUT2D eigenvalue weighted by Crippen LogP contribution is 2.34. The molecular weight excluding hydrogens is 250 g/mol. The summed E-state index contributed by atoms with van der Waals surface area (Å²) >= 11 is 7.90. The van der Waals surface area contributed by atoms with Crippen molar-refractivity contribution in [3.63, 3.8) is 0 Å². The second-order valence-corrected chi connectivity index (χ2v) is 5.78. The summed E-state index contributed by atoms with van der Waals surface area (Å²) in [6.07, 6.45) is 0. The fraction of sp³-hybridized carbons (Fsp3) is 0.286. The zero-order valence-electron chi connectivity index (χ0n) is 10.3. The summed E-state index contributed by atoms with van der Waals surface area (Å²) in [7, 11) is 0. The van der Waals surface area contributed by atoms with Crippen LogP contribution in [0, 0.1) is 20.8 Å². The Hall–Kier alpha value is -0.830. The van der Waals surface area contributed by atoms with Gasteiger partial charge in [0.2, 0.25) is 0 Å². The highest BCUT2D eigenvalue weighted by molar-refractivity contribution is 7.10. The molecule has 17 heavy (non-hydrogen) atoms. The predicted octanol–water partition coefficient (Wildman–Crippen LogP) is 4.37. The Balaban J connectivity index is 2.43. The molecule has 0 spiro atoms. The number of rotatable bonds is 2. The van der Waals surface area contributed by atoms with Gasteiger partial charge in [-0.2, -0.15) is 0 Å². The lowest BCUT2D eigenvalue weighted by molar-refractivity contribution is 0.888. The quantitative estimate of drug-likeness (QED) is 0.857. The van der Waals surface area contributed by atoms with E-state index >= 15 is 0 Å². The number of nitrogens with two attached hydrogens (primary N) is 1. The molecule has 1 aromatic heterocycles. The SMILES string of the molecule is Cc1cc(C)cc(C(N)c2scc(C)c2Cl)c1. The fourth-order valence-corrected chi connectivity index (χ4v) is 3.34. The third kappa shape index (κ3) is 2.54. The first-order valence-electron chi connectivity index (χ1n) is 5.56. The van der Waals surface area contributed by atoms with Crippen LogP contribution in [0.2, 0.25) is 5.02 Å². The number of aryl methyl sites for hydroxylation is 3. The van der Waals surface area contributed by atoms with Crippen molar-refractivity contribution in [1.82, 2.24) is 0 Å². The molecule has 1 aromatic carbocycles. The summed E-state index contributed by atoms with van der Waals surface area (Å²) in [4.78, 5) is 1.05. The molecule has 2 N–H and O–H groups in total. The van der Waals surface area contributed by atoms with Gasteiger partial charge in [-0.3, -0.25) is 0 Å². The molecule has 90 valence electrons. The molecule has 0 radical (unpaired) electrons. The molecule has 3 heteroatoms. The molecule has 0 bridgehead atoms. The van der Waals surface area contributed by atoms with Gasteiger partial charge in [-0.05, 0) is 37.3 Å². The molecule has 0 aliphatic heterocycles. The maximum absolute atomic E-state index is 6.29. The Labute approximate surface area is 111 Å². The zero-order chi connectivity index (χ0) is 12.6. The van der Waals surface area contributed by atoms with Crippen molar-refractivity contribution in [2.45, 2.75) is 26.8 Å². The standard InChI is InChI=1S/C14H16ClNS/c1-8-4-9(2)6-11(5-8)13(16)14-12(15)10(3)7-17-14/h4-7,13H,16H2,1-3H3. The molecule has 0 saturated heterocycles. The average Bonchev–Trinajstić information content (AvgIpc) is 2.57. The molecule has 1 atom stereocenters. The van der Waals surface area contributed by atoms with Gasteiger partial charge in [0.15, 0.2) is 0 Å². The summed E-state index contributed by atoms with van der Waals surface area (Å²) in [5, 5.41) is 2.86. The van der Waals surface area contributed by atoms with Gasteiger partial charge in [0.1, 0.15) is 0 Å². The lowest BCUT2D eigenvalue weighted by atomic mass is 10.0. The average molecular weight is 266 g/mol. The zero-order valence-corrected chi connectivity index (χ0v) is 11.8. The van der Waals surface area contributed by atoms with E-state index in [1.165, 1.54) is 11.1 Å². The third-order valence-corrected chi connectivity index (χ3v) is 4.61. The van der Waals surface area contributed by atoms with Gasteiger partial charge < -0.3 is 5.73 Å². The summed E-state index contributed by atoms with van der Waals surface area (Å²) in [5.74, 6) is 0. The van der Waals surface area contributed by atoms with E-state index in [4.69, 9.17) is 17.3 Å². The Bertz CT molecular complexity index is 525. The van der Waals surface area contributed by atoms with Gasteiger partial charge in [-0.15, -0.1) is 11.3 Å². The topological polar surface area (TPSA) is 26.0 Å². The van der Waals surface area contributed by atoms with Gasteiger partial charge in [0, 0.05) is 4.88 Å². The lowest BCUT2D eigenvalue weighted by Crippen LogP contribution is -2.11. The molecule has 0 saturated carbocycles. The maximum atomic E-state index is 6.29. The van der Waals surface area contributed by atoms with Gasteiger partial charge >= 0.3 is 0 Å². The number of hydrogen-bond acceptors (Lipinski definition) is 2. The van der Waals surface area contributed by atoms with Crippen LogP contribution < -0.4 is 5.73 Å². The van der Waals surface area contributed by atoms with E-state index in [0.717, 1.165) is 21.0 Å². The van der Waals surface area contributed by atoms with Crippen molar-refractivity contribution < 1.29 is 0 Å². The Morgan fingerprint density at radius 3 is 2.18 bits per heavy atom. The number of benzene rings is 1. The van der Waals surface area contributed by atoms with Crippen molar-refractivity contribution in [3.05, 3.63) is 55.7 Å². The molecule has 1 unspecified atom stereocenters. The van der Waals surface area contributed by atoms with Crippen LogP contribution in [0.5, 0.6) is 0 Å². The van der Waals surface area contributed by atoms with Gasteiger partial charge in [0.05, 0.1) is 11.1 Å². The van der Waals surface area contributed by atoms with E-state index < -0.39 is 0 Å². The van der Waals surface area contributed by atoms with Crippen molar-refractivity contribution >= 4 is 22.9 Å². The monoisotopic (exact) mass is 265 g/mol. The van der Waals surface area contributed by atoms with Crippen LogP contribution in [0.15, 0.2) is 23.6 Å². The maximum Gasteiger partial charge on any atom is 0.0661 e. The van der Waals surface area contributed by atoms with Crippen molar-refractivity contribution in [2.75, 3.05) is 0 Å². The predicted molar refractivity (Wildman–Crippen MR) is 76.0 cm³/mol. The minimum atomic E-state index is -0.125. The van der Waals surface area contributed by atoms with Crippen LogP contribution in [0.4, 0.5) is 0 Å². The van der Waals surface area contributed by atoms with Crippen molar-refractivity contribution in [1.29, 1.82) is 0 Å². The van der Waals surface area contributed by atoms with Crippen LogP contribution in [-0.4, -0.2) is 0 Å². The van der Waals surface area contributed by atoms with Crippen LogP contribution in [-0.2, 0) is 0 Å². The molecule has 2 aromatic rings. The molecule has 1 nitrogen and oxygen atoms in total. The summed E-state index contributed by atoms with van der Waals surface area (Å²) in [6.45, 7) is 6.19. The van der Waals surface area contributed by atoms with Crippen LogP contribution in [0.3, 0.4) is 0 Å². The Morgan fingerprint density at radius 1 is 1.12 bits per heavy atom. The fourth-order valence-electron chi connectivity index (χ4n) is 2.00. The second kappa shape index (κ2) is 4.81. The van der Waals surface area contributed by atoms with Crippen molar-refractivity contribution in [2.24, 2.45) is 5.73 Å². The molecule has 0 fully saturated rings. The van der Waals surface area contributed by atoms with Crippen molar-refractivity contribution in [3.8, 4) is 0 Å². The molecule has 0 amide bonds. The first-order valence-corrected chi connectivity index (χ1v) is 6.82. The molecule has 2 rings (SSSR count). The van der Waals surface area contributed by atoms with Crippen LogP contribution in [0.1, 0.15) is 33.2 Å². The molecule has 0 aliphatic rings. The number of thiophene rings is 1. The minimum Gasteiger partial charge on any atom is -0.320 e. The van der Waals surface area contributed by atoms with E-state index in [0.29, 0.717) is 0 Å². The first kappa shape index (κ1) is 12.6. The summed E-state index contributed by atoms with van der Waals surface area (Å²) in [5.41, 5.74) is 11.0.